The van der Waals surface area contributed by atoms with Gasteiger partial charge in [-0.25, -0.2) is 4.98 Å². The van der Waals surface area contributed by atoms with Crippen molar-refractivity contribution in [1.29, 1.82) is 0 Å². The maximum absolute atomic E-state index is 11.8. The second-order valence-electron chi connectivity index (χ2n) is 3.19. The molecule has 0 aromatic carbocycles. The molecule has 2 rings (SSSR count). The summed E-state index contributed by atoms with van der Waals surface area (Å²) in [4.78, 5) is 15.8. The molecule has 0 saturated heterocycles. The number of nitrogens with zero attached hydrogens (tertiary/aromatic N) is 4. The van der Waals surface area contributed by atoms with Crippen LogP contribution >= 0.6 is 0 Å². The van der Waals surface area contributed by atoms with Gasteiger partial charge < -0.3 is 10.6 Å². The standard InChI is InChI=1S/C9H11N7O/c1-10-7-4-6(2-3-11-7)9(17)12-5-8-13-15-16-14-8/h2-4H,5H2,1H3,(H,10,11)(H,12,17)(H,13,14,15,16). The monoisotopic (exact) mass is 233 g/mol. The summed E-state index contributed by atoms with van der Waals surface area (Å²) >= 11 is 0. The Morgan fingerprint density at radius 3 is 3.12 bits per heavy atom. The minimum absolute atomic E-state index is 0.214. The first-order valence-corrected chi connectivity index (χ1v) is 4.94. The smallest absolute Gasteiger partial charge is 0.251 e. The van der Waals surface area contributed by atoms with Gasteiger partial charge in [-0.3, -0.25) is 4.79 Å². The summed E-state index contributed by atoms with van der Waals surface area (Å²) in [6.45, 7) is 0.229. The molecule has 0 unspecified atom stereocenters. The number of tetrazole rings is 1. The number of hydrogen-bond acceptors (Lipinski definition) is 6. The Labute approximate surface area is 96.8 Å². The van der Waals surface area contributed by atoms with E-state index in [4.69, 9.17) is 0 Å². The molecule has 8 nitrogen and oxygen atoms in total. The summed E-state index contributed by atoms with van der Waals surface area (Å²) in [6, 6.07) is 3.29. The lowest BCUT2D eigenvalue weighted by Gasteiger charge is -2.04. The molecule has 0 fully saturated rings. The summed E-state index contributed by atoms with van der Waals surface area (Å²) in [5.74, 6) is 0.854. The van der Waals surface area contributed by atoms with Gasteiger partial charge in [-0.05, 0) is 12.1 Å². The van der Waals surface area contributed by atoms with Gasteiger partial charge in [0.25, 0.3) is 5.91 Å². The van der Waals surface area contributed by atoms with Gasteiger partial charge in [0.05, 0.1) is 6.54 Å². The van der Waals surface area contributed by atoms with Gasteiger partial charge in [-0.2, -0.15) is 5.21 Å². The highest BCUT2D eigenvalue weighted by Gasteiger charge is 2.07. The quantitative estimate of drug-likeness (QED) is 0.661. The van der Waals surface area contributed by atoms with Gasteiger partial charge in [0.1, 0.15) is 5.82 Å². The molecule has 0 atom stereocenters. The number of aromatic nitrogens is 5. The Morgan fingerprint density at radius 1 is 1.53 bits per heavy atom. The fourth-order valence-electron chi connectivity index (χ4n) is 1.23. The van der Waals surface area contributed by atoms with Crippen molar-refractivity contribution in [3.63, 3.8) is 0 Å². The summed E-state index contributed by atoms with van der Waals surface area (Å²) in [5, 5.41) is 18.7. The van der Waals surface area contributed by atoms with E-state index in [1.54, 1.807) is 25.4 Å². The Kier molecular flexibility index (Phi) is 3.24. The third-order valence-electron chi connectivity index (χ3n) is 2.07. The van der Waals surface area contributed by atoms with E-state index < -0.39 is 0 Å². The first-order chi connectivity index (χ1) is 8.29. The number of hydrogen-bond donors (Lipinski definition) is 3. The van der Waals surface area contributed by atoms with E-state index in [0.29, 0.717) is 17.2 Å². The zero-order chi connectivity index (χ0) is 12.1. The molecule has 88 valence electrons. The zero-order valence-electron chi connectivity index (χ0n) is 9.14. The van der Waals surface area contributed by atoms with Crippen LogP contribution in [0.4, 0.5) is 5.82 Å². The Hall–Kier alpha value is -2.51. The summed E-state index contributed by atoms with van der Waals surface area (Å²) in [6.07, 6.45) is 1.56. The summed E-state index contributed by atoms with van der Waals surface area (Å²) < 4.78 is 0. The number of rotatable bonds is 4. The third kappa shape index (κ3) is 2.74. The average molecular weight is 233 g/mol. The van der Waals surface area contributed by atoms with E-state index in [0.717, 1.165) is 0 Å². The molecular formula is C9H11N7O. The Bertz CT molecular complexity index is 496. The predicted octanol–water partition coefficient (Wildman–Crippen LogP) is -0.434. The molecule has 0 aliphatic rings. The molecule has 2 heterocycles. The zero-order valence-corrected chi connectivity index (χ0v) is 9.14. The van der Waals surface area contributed by atoms with Crippen molar-refractivity contribution in [2.24, 2.45) is 0 Å². The molecule has 0 radical (unpaired) electrons. The van der Waals surface area contributed by atoms with Crippen LogP contribution in [0.5, 0.6) is 0 Å². The van der Waals surface area contributed by atoms with E-state index in [2.05, 4.69) is 36.2 Å². The first-order valence-electron chi connectivity index (χ1n) is 4.94. The van der Waals surface area contributed by atoms with Crippen molar-refractivity contribution in [2.45, 2.75) is 6.54 Å². The Morgan fingerprint density at radius 2 is 2.41 bits per heavy atom. The van der Waals surface area contributed by atoms with Crippen LogP contribution in [0.15, 0.2) is 18.3 Å². The fourth-order valence-corrected chi connectivity index (χ4v) is 1.23. The maximum Gasteiger partial charge on any atom is 0.251 e. The number of carbonyl (C=O) groups excluding carboxylic acids is 1. The van der Waals surface area contributed by atoms with Crippen molar-refractivity contribution in [3.8, 4) is 0 Å². The van der Waals surface area contributed by atoms with Crippen LogP contribution in [-0.2, 0) is 6.54 Å². The number of pyridine rings is 1. The molecule has 0 aliphatic carbocycles. The molecule has 2 aromatic rings. The number of aromatic amines is 1. The van der Waals surface area contributed by atoms with Gasteiger partial charge in [-0.1, -0.05) is 5.21 Å². The maximum atomic E-state index is 11.8. The van der Waals surface area contributed by atoms with Crippen LogP contribution in [0.1, 0.15) is 16.2 Å². The number of carbonyl (C=O) groups is 1. The second-order valence-corrected chi connectivity index (χ2v) is 3.19. The van der Waals surface area contributed by atoms with Crippen LogP contribution < -0.4 is 10.6 Å². The highest BCUT2D eigenvalue weighted by atomic mass is 16.1. The van der Waals surface area contributed by atoms with Crippen LogP contribution in [0, 0.1) is 0 Å². The minimum atomic E-state index is -0.214. The van der Waals surface area contributed by atoms with Crippen LogP contribution in [-0.4, -0.2) is 38.6 Å². The second kappa shape index (κ2) is 5.01. The number of H-pyrrole nitrogens is 1. The van der Waals surface area contributed by atoms with Crippen molar-refractivity contribution in [1.82, 2.24) is 30.9 Å². The molecule has 3 N–H and O–H groups in total. The van der Waals surface area contributed by atoms with Gasteiger partial charge in [0.2, 0.25) is 0 Å². The number of amides is 1. The number of anilines is 1. The van der Waals surface area contributed by atoms with Gasteiger partial charge in [0, 0.05) is 18.8 Å². The van der Waals surface area contributed by atoms with Crippen LogP contribution in [0.25, 0.3) is 0 Å². The van der Waals surface area contributed by atoms with E-state index in [9.17, 15) is 4.79 Å². The average Bonchev–Trinajstić information content (AvgIpc) is 2.89. The molecule has 17 heavy (non-hydrogen) atoms. The van der Waals surface area contributed by atoms with E-state index in [1.807, 2.05) is 0 Å². The molecule has 0 bridgehead atoms. The summed E-state index contributed by atoms with van der Waals surface area (Å²) in [7, 11) is 1.74. The van der Waals surface area contributed by atoms with E-state index in [1.165, 1.54) is 0 Å². The molecule has 1 amide bonds. The van der Waals surface area contributed by atoms with Crippen molar-refractivity contribution in [3.05, 3.63) is 29.7 Å². The molecule has 0 saturated carbocycles. The van der Waals surface area contributed by atoms with Crippen LogP contribution in [0.2, 0.25) is 0 Å². The summed E-state index contributed by atoms with van der Waals surface area (Å²) in [5.41, 5.74) is 0.521. The normalized spacial score (nSPS) is 9.94. The van der Waals surface area contributed by atoms with Crippen molar-refractivity contribution >= 4 is 11.7 Å². The third-order valence-corrected chi connectivity index (χ3v) is 2.07. The Balaban J connectivity index is 1.99. The van der Waals surface area contributed by atoms with Crippen molar-refractivity contribution < 1.29 is 4.79 Å². The molecule has 0 spiro atoms. The van der Waals surface area contributed by atoms with E-state index in [-0.39, 0.29) is 12.5 Å². The molecule has 2 aromatic heterocycles. The highest BCUT2D eigenvalue weighted by Crippen LogP contribution is 2.05. The lowest BCUT2D eigenvalue weighted by molar-refractivity contribution is 0.0950. The first kappa shape index (κ1) is 11.0. The fraction of sp³-hybridized carbons (Fsp3) is 0.222. The lowest BCUT2D eigenvalue weighted by Crippen LogP contribution is -2.23. The highest BCUT2D eigenvalue weighted by molar-refractivity contribution is 5.94. The predicted molar refractivity (Wildman–Crippen MR) is 59.1 cm³/mol. The van der Waals surface area contributed by atoms with Crippen LogP contribution in [0.3, 0.4) is 0 Å². The van der Waals surface area contributed by atoms with Gasteiger partial charge in [-0.15, -0.1) is 10.2 Å². The molecular weight excluding hydrogens is 222 g/mol. The topological polar surface area (TPSA) is 108 Å². The van der Waals surface area contributed by atoms with Gasteiger partial charge in [0.15, 0.2) is 5.82 Å². The van der Waals surface area contributed by atoms with Crippen molar-refractivity contribution in [2.75, 3.05) is 12.4 Å². The molecule has 8 heteroatoms. The lowest BCUT2D eigenvalue weighted by atomic mass is 10.2. The SMILES string of the molecule is CNc1cc(C(=O)NCc2nn[nH]n2)ccn1. The van der Waals surface area contributed by atoms with Gasteiger partial charge >= 0.3 is 0 Å². The minimum Gasteiger partial charge on any atom is -0.373 e. The molecule has 0 aliphatic heterocycles. The largest absolute Gasteiger partial charge is 0.373 e. The number of nitrogens with one attached hydrogen (secondary N) is 3. The van der Waals surface area contributed by atoms with E-state index >= 15 is 0 Å².